The molecule has 0 spiro atoms. The van der Waals surface area contributed by atoms with Crippen LogP contribution in [0.4, 0.5) is 0 Å². The molecule has 154 valence electrons. The third-order valence-electron chi connectivity index (χ3n) is 4.11. The van der Waals surface area contributed by atoms with Crippen LogP contribution in [0, 0.1) is 0 Å². The van der Waals surface area contributed by atoms with Gasteiger partial charge in [-0.3, -0.25) is 0 Å². The Balaban J connectivity index is 3.73. The highest BCUT2D eigenvalue weighted by atomic mass is 32.2. The van der Waals surface area contributed by atoms with Crippen molar-refractivity contribution in [1.82, 2.24) is 8.61 Å². The minimum atomic E-state index is -4.07. The average molecular weight is 421 g/mol. The van der Waals surface area contributed by atoms with Gasteiger partial charge in [0.2, 0.25) is 20.0 Å². The maximum Gasteiger partial charge on any atom is 0.339 e. The van der Waals surface area contributed by atoms with Gasteiger partial charge in [0.05, 0.1) is 22.0 Å². The predicted octanol–water partition coefficient (Wildman–Crippen LogP) is 1.92. The number of esters is 1. The molecule has 0 aromatic heterocycles. The molecule has 0 heterocycles. The standard InChI is InChI=1S/C17H28N2O6S2/c1-6-18(7-2)26(21,22)14-11-12-15(17(20)25-10-5)16(13-14)27(23,24)19(8-3)9-4/h11-13H,6-10H2,1-5H3. The molecule has 0 atom stereocenters. The fourth-order valence-corrected chi connectivity index (χ4v) is 5.89. The van der Waals surface area contributed by atoms with Gasteiger partial charge >= 0.3 is 5.97 Å². The third-order valence-corrected chi connectivity index (χ3v) is 8.25. The molecular formula is C17H28N2O6S2. The molecule has 0 saturated heterocycles. The van der Waals surface area contributed by atoms with Crippen LogP contribution in [-0.4, -0.2) is 64.2 Å². The Bertz CT molecular complexity index is 857. The zero-order valence-corrected chi connectivity index (χ0v) is 18.1. The first-order valence-corrected chi connectivity index (χ1v) is 11.8. The lowest BCUT2D eigenvalue weighted by Gasteiger charge is -2.22. The van der Waals surface area contributed by atoms with Gasteiger partial charge in [0.25, 0.3) is 0 Å². The second-order valence-corrected chi connectivity index (χ2v) is 9.40. The summed E-state index contributed by atoms with van der Waals surface area (Å²) in [7, 11) is -7.95. The van der Waals surface area contributed by atoms with Crippen molar-refractivity contribution < 1.29 is 26.4 Å². The van der Waals surface area contributed by atoms with E-state index in [2.05, 4.69) is 0 Å². The fraction of sp³-hybridized carbons (Fsp3) is 0.588. The SMILES string of the molecule is CCOC(=O)c1ccc(S(=O)(=O)N(CC)CC)cc1S(=O)(=O)N(CC)CC. The van der Waals surface area contributed by atoms with E-state index in [1.54, 1.807) is 34.6 Å². The number of ether oxygens (including phenoxy) is 1. The number of carbonyl (C=O) groups is 1. The van der Waals surface area contributed by atoms with E-state index in [1.807, 2.05) is 0 Å². The van der Waals surface area contributed by atoms with E-state index < -0.39 is 26.0 Å². The van der Waals surface area contributed by atoms with Crippen LogP contribution < -0.4 is 0 Å². The molecular weight excluding hydrogens is 392 g/mol. The van der Waals surface area contributed by atoms with Crippen molar-refractivity contribution in [3.8, 4) is 0 Å². The second-order valence-electron chi connectivity index (χ2n) is 5.56. The van der Waals surface area contributed by atoms with E-state index in [1.165, 1.54) is 20.7 Å². The summed E-state index contributed by atoms with van der Waals surface area (Å²) in [6.45, 7) is 9.28. The summed E-state index contributed by atoms with van der Waals surface area (Å²) in [6, 6.07) is 3.49. The Labute approximate surface area is 162 Å². The Morgan fingerprint density at radius 2 is 1.33 bits per heavy atom. The summed E-state index contributed by atoms with van der Waals surface area (Å²) in [4.78, 5) is 11.7. The van der Waals surface area contributed by atoms with Crippen molar-refractivity contribution in [2.75, 3.05) is 32.8 Å². The summed E-state index contributed by atoms with van der Waals surface area (Å²) in [5.41, 5.74) is -0.178. The first-order valence-electron chi connectivity index (χ1n) is 8.93. The summed E-state index contributed by atoms with van der Waals surface area (Å²) < 4.78 is 59.0. The molecule has 0 aliphatic heterocycles. The average Bonchev–Trinajstić information content (AvgIpc) is 2.63. The fourth-order valence-electron chi connectivity index (χ4n) is 2.67. The van der Waals surface area contributed by atoms with Gasteiger partial charge in [-0.25, -0.2) is 21.6 Å². The molecule has 1 aromatic rings. The summed E-state index contributed by atoms with van der Waals surface area (Å²) in [5.74, 6) is -0.810. The molecule has 0 radical (unpaired) electrons. The maximum absolute atomic E-state index is 13.0. The number of hydrogen-bond donors (Lipinski definition) is 0. The summed E-state index contributed by atoms with van der Waals surface area (Å²) in [5, 5.41) is 0. The van der Waals surface area contributed by atoms with Gasteiger partial charge in [0.1, 0.15) is 0 Å². The molecule has 10 heteroatoms. The van der Waals surface area contributed by atoms with Crippen molar-refractivity contribution in [1.29, 1.82) is 0 Å². The van der Waals surface area contributed by atoms with Gasteiger partial charge in [-0.05, 0) is 25.1 Å². The van der Waals surface area contributed by atoms with Crippen LogP contribution in [0.3, 0.4) is 0 Å². The van der Waals surface area contributed by atoms with E-state index in [0.717, 1.165) is 6.07 Å². The number of carbonyl (C=O) groups excluding carboxylic acids is 1. The first-order chi connectivity index (χ1) is 12.6. The van der Waals surface area contributed by atoms with E-state index in [0.29, 0.717) is 0 Å². The molecule has 0 bridgehead atoms. The van der Waals surface area contributed by atoms with Gasteiger partial charge in [-0.15, -0.1) is 0 Å². The van der Waals surface area contributed by atoms with Crippen LogP contribution in [0.2, 0.25) is 0 Å². The molecule has 0 amide bonds. The number of sulfonamides is 2. The number of nitrogens with zero attached hydrogens (tertiary/aromatic N) is 2. The summed E-state index contributed by atoms with van der Waals surface area (Å²) in [6.07, 6.45) is 0. The normalized spacial score (nSPS) is 12.6. The van der Waals surface area contributed by atoms with Crippen LogP contribution in [0.25, 0.3) is 0 Å². The van der Waals surface area contributed by atoms with Gasteiger partial charge in [-0.1, -0.05) is 27.7 Å². The van der Waals surface area contributed by atoms with Gasteiger partial charge in [0.15, 0.2) is 0 Å². The second kappa shape index (κ2) is 9.63. The molecule has 1 rings (SSSR count). The largest absolute Gasteiger partial charge is 0.462 e. The van der Waals surface area contributed by atoms with Crippen LogP contribution in [0.1, 0.15) is 45.0 Å². The Hall–Kier alpha value is -1.49. The zero-order chi connectivity index (χ0) is 20.8. The topological polar surface area (TPSA) is 101 Å². The van der Waals surface area contributed by atoms with Crippen LogP contribution in [0.5, 0.6) is 0 Å². The van der Waals surface area contributed by atoms with Gasteiger partial charge in [0, 0.05) is 26.2 Å². The smallest absolute Gasteiger partial charge is 0.339 e. The third kappa shape index (κ3) is 4.87. The summed E-state index contributed by atoms with van der Waals surface area (Å²) >= 11 is 0. The molecule has 0 unspecified atom stereocenters. The number of rotatable bonds is 10. The highest BCUT2D eigenvalue weighted by Crippen LogP contribution is 2.26. The van der Waals surface area contributed by atoms with Gasteiger partial charge in [-0.2, -0.15) is 8.61 Å². The molecule has 8 nitrogen and oxygen atoms in total. The van der Waals surface area contributed by atoms with Crippen molar-refractivity contribution in [3.63, 3.8) is 0 Å². The minimum absolute atomic E-state index is 0.0725. The Morgan fingerprint density at radius 1 is 0.852 bits per heavy atom. The maximum atomic E-state index is 13.0. The van der Waals surface area contributed by atoms with E-state index in [9.17, 15) is 21.6 Å². The van der Waals surface area contributed by atoms with Gasteiger partial charge < -0.3 is 4.74 Å². The molecule has 0 aliphatic rings. The molecule has 0 aliphatic carbocycles. The number of benzene rings is 1. The van der Waals surface area contributed by atoms with E-state index >= 15 is 0 Å². The Kier molecular flexibility index (Phi) is 8.40. The van der Waals surface area contributed by atoms with Crippen molar-refractivity contribution in [2.45, 2.75) is 44.4 Å². The first kappa shape index (κ1) is 23.5. The monoisotopic (exact) mass is 420 g/mol. The Morgan fingerprint density at radius 3 is 1.78 bits per heavy atom. The van der Waals surface area contributed by atoms with E-state index in [-0.39, 0.29) is 48.1 Å². The molecule has 0 saturated carbocycles. The van der Waals surface area contributed by atoms with Crippen LogP contribution in [-0.2, 0) is 24.8 Å². The van der Waals surface area contributed by atoms with E-state index in [4.69, 9.17) is 4.74 Å². The quantitative estimate of drug-likeness (QED) is 0.536. The highest BCUT2D eigenvalue weighted by molar-refractivity contribution is 7.90. The molecule has 0 fully saturated rings. The minimum Gasteiger partial charge on any atom is -0.462 e. The van der Waals surface area contributed by atoms with Crippen LogP contribution >= 0.6 is 0 Å². The molecule has 0 N–H and O–H groups in total. The molecule has 27 heavy (non-hydrogen) atoms. The number of hydrogen-bond acceptors (Lipinski definition) is 6. The molecule has 1 aromatic carbocycles. The lowest BCUT2D eigenvalue weighted by molar-refractivity contribution is 0.0521. The lowest BCUT2D eigenvalue weighted by Crippen LogP contribution is -2.33. The zero-order valence-electron chi connectivity index (χ0n) is 16.4. The van der Waals surface area contributed by atoms with Crippen molar-refractivity contribution >= 4 is 26.0 Å². The van der Waals surface area contributed by atoms with Crippen molar-refractivity contribution in [3.05, 3.63) is 23.8 Å². The van der Waals surface area contributed by atoms with Crippen molar-refractivity contribution in [2.24, 2.45) is 0 Å². The highest BCUT2D eigenvalue weighted by Gasteiger charge is 2.31. The van der Waals surface area contributed by atoms with Crippen LogP contribution in [0.15, 0.2) is 28.0 Å². The lowest BCUT2D eigenvalue weighted by atomic mass is 10.2. The predicted molar refractivity (Wildman–Crippen MR) is 103 cm³/mol.